The molecular weight excluding hydrogens is 412 g/mol. The highest BCUT2D eigenvalue weighted by Gasteiger charge is 2.67. The van der Waals surface area contributed by atoms with Gasteiger partial charge in [0.15, 0.2) is 0 Å². The smallest absolute Gasteiger partial charge is 0.248 e. The van der Waals surface area contributed by atoms with Crippen LogP contribution in [0.15, 0.2) is 60.7 Å². The Kier molecular flexibility index (Phi) is 4.58. The molecule has 1 saturated heterocycles. The molecule has 7 atom stereocenters. The van der Waals surface area contributed by atoms with Gasteiger partial charge in [-0.3, -0.25) is 19.3 Å². The van der Waals surface area contributed by atoms with Crippen molar-refractivity contribution >= 4 is 23.4 Å². The van der Waals surface area contributed by atoms with Crippen LogP contribution in [0.5, 0.6) is 0 Å². The van der Waals surface area contributed by atoms with Crippen LogP contribution in [0.2, 0.25) is 0 Å². The number of amides is 3. The molecule has 2 saturated carbocycles. The molecule has 5 nitrogen and oxygen atoms in total. The second-order valence-electron chi connectivity index (χ2n) is 10.2. The van der Waals surface area contributed by atoms with E-state index in [1.807, 2.05) is 62.4 Å². The lowest BCUT2D eigenvalue weighted by atomic mass is 9.63. The van der Waals surface area contributed by atoms with Gasteiger partial charge in [-0.05, 0) is 72.8 Å². The minimum Gasteiger partial charge on any atom is -0.324 e. The molecule has 2 bridgehead atoms. The first kappa shape index (κ1) is 20.4. The third kappa shape index (κ3) is 3.17. The lowest BCUT2D eigenvalue weighted by molar-refractivity contribution is -0.146. The maximum atomic E-state index is 13.7. The summed E-state index contributed by atoms with van der Waals surface area (Å²) in [6.45, 7) is 4.02. The molecule has 7 unspecified atom stereocenters. The number of likely N-dealkylation sites (tertiary alicyclic amines) is 1. The van der Waals surface area contributed by atoms with E-state index in [0.29, 0.717) is 23.9 Å². The molecule has 0 spiro atoms. The Balaban J connectivity index is 1.33. The number of carbonyl (C=O) groups excluding carboxylic acids is 3. The summed E-state index contributed by atoms with van der Waals surface area (Å²) >= 11 is 0. The summed E-state index contributed by atoms with van der Waals surface area (Å²) in [7, 11) is 0. The van der Waals surface area contributed by atoms with E-state index in [1.165, 1.54) is 4.90 Å². The van der Waals surface area contributed by atoms with E-state index < -0.39 is 6.04 Å². The minimum atomic E-state index is -0.865. The molecule has 33 heavy (non-hydrogen) atoms. The van der Waals surface area contributed by atoms with E-state index >= 15 is 0 Å². The average Bonchev–Trinajstić information content (AvgIpc) is 3.59. The van der Waals surface area contributed by atoms with Crippen molar-refractivity contribution in [2.24, 2.45) is 35.5 Å². The second-order valence-corrected chi connectivity index (χ2v) is 10.2. The summed E-state index contributed by atoms with van der Waals surface area (Å²) in [5.41, 5.74) is 3.83. The summed E-state index contributed by atoms with van der Waals surface area (Å²) in [5, 5.41) is 2.98. The quantitative estimate of drug-likeness (QED) is 0.566. The van der Waals surface area contributed by atoms with Crippen LogP contribution < -0.4 is 5.32 Å². The van der Waals surface area contributed by atoms with Crippen molar-refractivity contribution in [2.45, 2.75) is 32.7 Å². The van der Waals surface area contributed by atoms with Gasteiger partial charge < -0.3 is 5.32 Å². The van der Waals surface area contributed by atoms with E-state index in [9.17, 15) is 14.4 Å². The van der Waals surface area contributed by atoms with Crippen LogP contribution in [0.25, 0.3) is 0 Å². The monoisotopic (exact) mass is 440 g/mol. The number of nitrogens with one attached hydrogen (secondary N) is 1. The number of allylic oxidation sites excluding steroid dienone is 2. The zero-order valence-electron chi connectivity index (χ0n) is 18.9. The standard InChI is InChI=1S/C28H28N2O3/c1-15-8-9-18(12-16(15)2)29-26(31)23(13-17-6-4-3-5-7-17)30-27(32)24-19-10-11-20(22-14-21(19)22)25(24)28(30)33/h3-12,19-25H,13-14H2,1-2H3,(H,29,31). The van der Waals surface area contributed by atoms with Crippen molar-refractivity contribution < 1.29 is 14.4 Å². The number of nitrogens with zero attached hydrogens (tertiary/aromatic N) is 1. The van der Waals surface area contributed by atoms with Gasteiger partial charge in [0, 0.05) is 12.1 Å². The van der Waals surface area contributed by atoms with E-state index in [1.54, 1.807) is 0 Å². The molecule has 2 aromatic carbocycles. The fourth-order valence-electron chi connectivity index (χ4n) is 6.47. The molecule has 168 valence electrons. The fourth-order valence-corrected chi connectivity index (χ4v) is 6.47. The van der Waals surface area contributed by atoms with Gasteiger partial charge in [-0.2, -0.15) is 0 Å². The van der Waals surface area contributed by atoms with Crippen molar-refractivity contribution in [3.8, 4) is 0 Å². The summed E-state index contributed by atoms with van der Waals surface area (Å²) in [6.07, 6.45) is 5.76. The number of hydrogen-bond acceptors (Lipinski definition) is 3. The number of imide groups is 1. The molecule has 1 aliphatic heterocycles. The molecule has 3 fully saturated rings. The second kappa shape index (κ2) is 7.41. The van der Waals surface area contributed by atoms with Gasteiger partial charge in [-0.15, -0.1) is 0 Å². The lowest BCUT2D eigenvalue weighted by Crippen LogP contribution is -2.49. The zero-order chi connectivity index (χ0) is 22.9. The van der Waals surface area contributed by atoms with Gasteiger partial charge in [-0.1, -0.05) is 48.6 Å². The molecule has 1 heterocycles. The van der Waals surface area contributed by atoms with Crippen LogP contribution in [-0.2, 0) is 20.8 Å². The van der Waals surface area contributed by atoms with Gasteiger partial charge in [0.05, 0.1) is 11.8 Å². The van der Waals surface area contributed by atoms with Gasteiger partial charge >= 0.3 is 0 Å². The minimum absolute atomic E-state index is 0.145. The Hall–Kier alpha value is -3.21. The van der Waals surface area contributed by atoms with Gasteiger partial charge in [-0.25, -0.2) is 0 Å². The number of anilines is 1. The van der Waals surface area contributed by atoms with Crippen LogP contribution in [0, 0.1) is 49.4 Å². The number of rotatable bonds is 5. The SMILES string of the molecule is Cc1ccc(NC(=O)C(Cc2ccccc2)N2C(=O)C3C4C=CC(C5CC45)C3C2=O)cc1C. The third-order valence-corrected chi connectivity index (χ3v) is 8.36. The van der Waals surface area contributed by atoms with Gasteiger partial charge in [0.2, 0.25) is 17.7 Å². The van der Waals surface area contributed by atoms with E-state index in [0.717, 1.165) is 23.1 Å². The largest absolute Gasteiger partial charge is 0.324 e. The van der Waals surface area contributed by atoms with Crippen molar-refractivity contribution in [1.29, 1.82) is 0 Å². The van der Waals surface area contributed by atoms with Crippen molar-refractivity contribution in [2.75, 3.05) is 5.32 Å². The lowest BCUT2D eigenvalue weighted by Gasteiger charge is -2.37. The van der Waals surface area contributed by atoms with Crippen LogP contribution in [0.3, 0.4) is 0 Å². The van der Waals surface area contributed by atoms with Crippen LogP contribution in [-0.4, -0.2) is 28.7 Å². The molecule has 1 N–H and O–H groups in total. The summed E-state index contributed by atoms with van der Waals surface area (Å²) in [5.74, 6) is 0.126. The van der Waals surface area contributed by atoms with Gasteiger partial charge in [0.1, 0.15) is 6.04 Å². The Morgan fingerprint density at radius 3 is 2.18 bits per heavy atom. The summed E-state index contributed by atoms with van der Waals surface area (Å²) in [4.78, 5) is 42.3. The first-order valence-electron chi connectivity index (χ1n) is 11.9. The topological polar surface area (TPSA) is 66.5 Å². The Labute approximate surface area is 193 Å². The molecule has 3 amide bonds. The predicted octanol–water partition coefficient (Wildman–Crippen LogP) is 3.91. The van der Waals surface area contributed by atoms with E-state index in [2.05, 4.69) is 17.5 Å². The van der Waals surface area contributed by atoms with E-state index in [-0.39, 0.29) is 41.4 Å². The maximum absolute atomic E-state index is 13.7. The van der Waals surface area contributed by atoms with Crippen molar-refractivity contribution in [1.82, 2.24) is 4.90 Å². The zero-order valence-corrected chi connectivity index (χ0v) is 18.9. The number of aryl methyl sites for hydroxylation is 2. The van der Waals surface area contributed by atoms with Crippen molar-refractivity contribution in [3.63, 3.8) is 0 Å². The highest BCUT2D eigenvalue weighted by molar-refractivity contribution is 6.10. The maximum Gasteiger partial charge on any atom is 0.248 e. The Morgan fingerprint density at radius 2 is 1.58 bits per heavy atom. The highest BCUT2D eigenvalue weighted by atomic mass is 16.2. The summed E-state index contributed by atoms with van der Waals surface area (Å²) < 4.78 is 0. The molecule has 2 aromatic rings. The Morgan fingerprint density at radius 1 is 0.939 bits per heavy atom. The first-order chi connectivity index (χ1) is 15.9. The van der Waals surface area contributed by atoms with E-state index in [4.69, 9.17) is 0 Å². The summed E-state index contributed by atoms with van der Waals surface area (Å²) in [6, 6.07) is 14.5. The van der Waals surface area contributed by atoms with Crippen LogP contribution in [0.1, 0.15) is 23.1 Å². The normalized spacial score (nSPS) is 31.9. The fraction of sp³-hybridized carbons (Fsp3) is 0.393. The highest BCUT2D eigenvalue weighted by Crippen LogP contribution is 2.65. The van der Waals surface area contributed by atoms with Crippen LogP contribution >= 0.6 is 0 Å². The van der Waals surface area contributed by atoms with Gasteiger partial charge in [0.25, 0.3) is 0 Å². The first-order valence-corrected chi connectivity index (χ1v) is 11.9. The van der Waals surface area contributed by atoms with Crippen LogP contribution in [0.4, 0.5) is 5.69 Å². The molecule has 7 rings (SSSR count). The number of carbonyl (C=O) groups is 3. The number of hydrogen-bond donors (Lipinski definition) is 1. The van der Waals surface area contributed by atoms with Crippen molar-refractivity contribution in [3.05, 3.63) is 77.4 Å². The molecule has 5 aliphatic rings. The predicted molar refractivity (Wildman–Crippen MR) is 125 cm³/mol. The molecule has 0 aromatic heterocycles. The Bertz CT molecular complexity index is 1150. The average molecular weight is 441 g/mol. The number of benzene rings is 2. The molecule has 5 heteroatoms. The molecule has 4 aliphatic carbocycles. The molecular formula is C28H28N2O3. The molecule has 0 radical (unpaired) electrons. The third-order valence-electron chi connectivity index (χ3n) is 8.36.